The Morgan fingerprint density at radius 2 is 0.914 bits per heavy atom. The van der Waals surface area contributed by atoms with Crippen LogP contribution >= 0.6 is 0 Å². The molecule has 6 nitrogen and oxygen atoms in total. The summed E-state index contributed by atoms with van der Waals surface area (Å²) in [6.45, 7) is 0. The molecule has 0 radical (unpaired) electrons. The van der Waals surface area contributed by atoms with Gasteiger partial charge in [0.25, 0.3) is 0 Å². The predicted molar refractivity (Wildman–Crippen MR) is 235 cm³/mol. The van der Waals surface area contributed by atoms with Gasteiger partial charge in [-0.2, -0.15) is 15.2 Å². The Kier molecular flexibility index (Phi) is 7.76. The SMILES string of the molecule is N#Cc1cccc(-c2ccc(-c3nc(-c4ccccc4)nc(-n4c5ccccc5c5cccc(-c6ccccc6)c54)n3)cc2-n2c3ccccc3c3ccccc32)c1. The van der Waals surface area contributed by atoms with Gasteiger partial charge in [0, 0.05) is 43.8 Å². The van der Waals surface area contributed by atoms with E-state index >= 15 is 0 Å². The van der Waals surface area contributed by atoms with Crippen LogP contribution in [-0.2, 0) is 0 Å². The molecule has 8 aromatic carbocycles. The maximum atomic E-state index is 9.90. The molecule has 0 unspecified atom stereocenters. The van der Waals surface area contributed by atoms with E-state index in [0.29, 0.717) is 23.2 Å². The third kappa shape index (κ3) is 5.37. The highest BCUT2D eigenvalue weighted by Crippen LogP contribution is 2.40. The molecule has 3 aromatic heterocycles. The Hall–Kier alpha value is -8.14. The molecule has 6 heteroatoms. The van der Waals surface area contributed by atoms with Gasteiger partial charge in [0.15, 0.2) is 11.6 Å². The van der Waals surface area contributed by atoms with Crippen molar-refractivity contribution >= 4 is 43.6 Å². The minimum Gasteiger partial charge on any atom is -0.309 e. The van der Waals surface area contributed by atoms with Crippen LogP contribution in [0.2, 0.25) is 0 Å². The van der Waals surface area contributed by atoms with E-state index in [9.17, 15) is 5.26 Å². The summed E-state index contributed by atoms with van der Waals surface area (Å²) < 4.78 is 4.52. The standard InChI is InChI=1S/C52H32N6/c53-33-34-15-13-20-37(31-34)39-30-29-38(32-48(39)57-45-26-10-7-21-41(45)42-22-8-11-27-46(42)57)51-54-50(36-18-5-2-6-19-36)55-52(56-51)58-47-28-12-9-23-43(47)44-25-14-24-40(49(44)58)35-16-3-1-4-17-35/h1-32H. The first kappa shape index (κ1) is 33.2. The lowest BCUT2D eigenvalue weighted by molar-refractivity contribution is 0.953. The number of benzene rings is 8. The summed E-state index contributed by atoms with van der Waals surface area (Å²) in [4.78, 5) is 15.8. The summed E-state index contributed by atoms with van der Waals surface area (Å²) in [7, 11) is 0. The summed E-state index contributed by atoms with van der Waals surface area (Å²) in [6, 6.07) is 69.1. The topological polar surface area (TPSA) is 72.3 Å². The molecule has 0 saturated heterocycles. The van der Waals surface area contributed by atoms with Crippen LogP contribution in [0.5, 0.6) is 0 Å². The summed E-state index contributed by atoms with van der Waals surface area (Å²) in [5.41, 5.74) is 11.6. The van der Waals surface area contributed by atoms with E-state index in [-0.39, 0.29) is 0 Å². The smallest absolute Gasteiger partial charge is 0.238 e. The van der Waals surface area contributed by atoms with E-state index in [2.05, 4.69) is 155 Å². The Labute approximate surface area is 334 Å². The molecule has 3 heterocycles. The predicted octanol–water partition coefficient (Wildman–Crippen LogP) is 12.6. The van der Waals surface area contributed by atoms with Gasteiger partial charge in [-0.25, -0.2) is 4.98 Å². The van der Waals surface area contributed by atoms with Crippen molar-refractivity contribution in [2.45, 2.75) is 0 Å². The summed E-state index contributed by atoms with van der Waals surface area (Å²) in [5.74, 6) is 1.65. The molecule has 0 aliphatic carbocycles. The molecule has 0 saturated carbocycles. The number of hydrogen-bond donors (Lipinski definition) is 0. The second-order valence-corrected chi connectivity index (χ2v) is 14.4. The van der Waals surface area contributed by atoms with Gasteiger partial charge in [-0.15, -0.1) is 0 Å². The van der Waals surface area contributed by atoms with Gasteiger partial charge in [0.1, 0.15) is 0 Å². The summed E-state index contributed by atoms with van der Waals surface area (Å²) >= 11 is 0. The fourth-order valence-electron chi connectivity index (χ4n) is 8.43. The van der Waals surface area contributed by atoms with Gasteiger partial charge >= 0.3 is 0 Å². The van der Waals surface area contributed by atoms with Gasteiger partial charge in [0.05, 0.1) is 39.4 Å². The molecule has 58 heavy (non-hydrogen) atoms. The lowest BCUT2D eigenvalue weighted by Gasteiger charge is -2.17. The molecule has 0 atom stereocenters. The van der Waals surface area contributed by atoms with Crippen LogP contribution in [0.3, 0.4) is 0 Å². The number of fused-ring (bicyclic) bond motifs is 6. The zero-order chi connectivity index (χ0) is 38.6. The highest BCUT2D eigenvalue weighted by atomic mass is 15.2. The zero-order valence-electron chi connectivity index (χ0n) is 31.2. The molecule has 0 spiro atoms. The van der Waals surface area contributed by atoms with E-state index in [1.54, 1.807) is 0 Å². The van der Waals surface area contributed by atoms with Crippen molar-refractivity contribution < 1.29 is 0 Å². The molecular weight excluding hydrogens is 709 g/mol. The van der Waals surface area contributed by atoms with E-state index in [1.165, 1.54) is 0 Å². The van der Waals surface area contributed by atoms with E-state index in [4.69, 9.17) is 15.0 Å². The second-order valence-electron chi connectivity index (χ2n) is 14.4. The van der Waals surface area contributed by atoms with Gasteiger partial charge in [0.2, 0.25) is 5.95 Å². The van der Waals surface area contributed by atoms with Crippen molar-refractivity contribution in [3.05, 3.63) is 200 Å². The lowest BCUT2D eigenvalue weighted by Crippen LogP contribution is -2.07. The Balaban J connectivity index is 1.22. The quantitative estimate of drug-likeness (QED) is 0.170. The average molecular weight is 741 g/mol. The number of aromatic nitrogens is 5. The number of nitriles is 1. The molecule has 0 aliphatic heterocycles. The summed E-state index contributed by atoms with van der Waals surface area (Å²) in [5, 5.41) is 14.5. The summed E-state index contributed by atoms with van der Waals surface area (Å²) in [6.07, 6.45) is 0. The molecular formula is C52H32N6. The van der Waals surface area contributed by atoms with Crippen LogP contribution in [-0.4, -0.2) is 24.1 Å². The van der Waals surface area contributed by atoms with Crippen molar-refractivity contribution in [2.75, 3.05) is 0 Å². The first-order valence-corrected chi connectivity index (χ1v) is 19.3. The molecule has 0 N–H and O–H groups in total. The molecule has 0 fully saturated rings. The maximum Gasteiger partial charge on any atom is 0.238 e. The van der Waals surface area contributed by atoms with Crippen LogP contribution in [0.4, 0.5) is 0 Å². The highest BCUT2D eigenvalue weighted by Gasteiger charge is 2.22. The third-order valence-corrected chi connectivity index (χ3v) is 11.0. The molecule has 0 bridgehead atoms. The Morgan fingerprint density at radius 1 is 0.379 bits per heavy atom. The molecule has 11 rings (SSSR count). The minimum absolute atomic E-state index is 0.530. The molecule has 270 valence electrons. The second kappa shape index (κ2) is 13.6. The number of rotatable bonds is 6. The van der Waals surface area contributed by atoms with Crippen molar-refractivity contribution in [1.82, 2.24) is 24.1 Å². The van der Waals surface area contributed by atoms with Crippen molar-refractivity contribution in [3.63, 3.8) is 0 Å². The molecule has 0 amide bonds. The van der Waals surface area contributed by atoms with Gasteiger partial charge in [-0.1, -0.05) is 158 Å². The highest BCUT2D eigenvalue weighted by molar-refractivity contribution is 6.14. The Morgan fingerprint density at radius 3 is 1.59 bits per heavy atom. The molecule has 0 aliphatic rings. The van der Waals surface area contributed by atoms with Crippen LogP contribution in [0, 0.1) is 11.3 Å². The third-order valence-electron chi connectivity index (χ3n) is 11.0. The molecule has 11 aromatic rings. The van der Waals surface area contributed by atoms with Crippen molar-refractivity contribution in [3.8, 4) is 62.7 Å². The fourth-order valence-corrected chi connectivity index (χ4v) is 8.43. The monoisotopic (exact) mass is 740 g/mol. The number of hydrogen-bond acceptors (Lipinski definition) is 4. The maximum absolute atomic E-state index is 9.90. The van der Waals surface area contributed by atoms with Gasteiger partial charge in [-0.05, 0) is 47.5 Å². The van der Waals surface area contributed by atoms with Crippen LogP contribution in [0.25, 0.3) is 100 Å². The van der Waals surface area contributed by atoms with E-state index in [1.807, 2.05) is 54.6 Å². The van der Waals surface area contributed by atoms with Crippen LogP contribution in [0.1, 0.15) is 5.56 Å². The Bertz CT molecular complexity index is 3360. The van der Waals surface area contributed by atoms with Crippen LogP contribution < -0.4 is 0 Å². The van der Waals surface area contributed by atoms with Crippen molar-refractivity contribution in [1.29, 1.82) is 5.26 Å². The first-order valence-electron chi connectivity index (χ1n) is 19.3. The largest absolute Gasteiger partial charge is 0.309 e. The van der Waals surface area contributed by atoms with Gasteiger partial charge in [-0.3, -0.25) is 4.57 Å². The number of para-hydroxylation sites is 4. The lowest BCUT2D eigenvalue weighted by atomic mass is 9.99. The first-order chi connectivity index (χ1) is 28.7. The van der Waals surface area contributed by atoms with E-state index in [0.717, 1.165) is 82.7 Å². The minimum atomic E-state index is 0.530. The zero-order valence-corrected chi connectivity index (χ0v) is 31.2. The van der Waals surface area contributed by atoms with E-state index < -0.39 is 0 Å². The van der Waals surface area contributed by atoms with Crippen LogP contribution in [0.15, 0.2) is 194 Å². The number of nitrogens with zero attached hydrogens (tertiary/aromatic N) is 6. The normalized spacial score (nSPS) is 11.4. The fraction of sp³-hybridized carbons (Fsp3) is 0. The van der Waals surface area contributed by atoms with Crippen molar-refractivity contribution in [2.24, 2.45) is 0 Å². The van der Waals surface area contributed by atoms with Gasteiger partial charge < -0.3 is 4.57 Å². The average Bonchev–Trinajstić information content (AvgIpc) is 3.82.